The molecule has 0 aliphatic rings. The predicted octanol–water partition coefficient (Wildman–Crippen LogP) is 3.51. The highest BCUT2D eigenvalue weighted by Crippen LogP contribution is 2.31. The van der Waals surface area contributed by atoms with Gasteiger partial charge in [0.15, 0.2) is 0 Å². The molecule has 0 heterocycles. The Balaban J connectivity index is 2.97. The molecule has 1 aromatic rings. The highest BCUT2D eigenvalue weighted by Gasteiger charge is 2.29. The van der Waals surface area contributed by atoms with Crippen molar-refractivity contribution in [3.05, 3.63) is 33.3 Å². The molecule has 0 saturated carbocycles. The van der Waals surface area contributed by atoms with Crippen LogP contribution in [0.3, 0.4) is 0 Å². The quantitative estimate of drug-likeness (QED) is 0.878. The summed E-state index contributed by atoms with van der Waals surface area (Å²) < 4.78 is 0.795. The highest BCUT2D eigenvalue weighted by molar-refractivity contribution is 9.10. The van der Waals surface area contributed by atoms with E-state index < -0.39 is 12.1 Å². The van der Waals surface area contributed by atoms with Crippen LogP contribution in [0.15, 0.2) is 22.7 Å². The molecule has 16 heavy (non-hydrogen) atoms. The van der Waals surface area contributed by atoms with Gasteiger partial charge in [-0.2, -0.15) is 0 Å². The summed E-state index contributed by atoms with van der Waals surface area (Å²) in [6.45, 7) is 5.88. The second kappa shape index (κ2) is 5.05. The van der Waals surface area contributed by atoms with Crippen molar-refractivity contribution in [2.45, 2.75) is 32.9 Å². The van der Waals surface area contributed by atoms with Crippen LogP contribution in [0, 0.1) is 5.41 Å². The van der Waals surface area contributed by atoms with Crippen molar-refractivity contribution in [3.8, 4) is 0 Å². The van der Waals surface area contributed by atoms with E-state index in [1.54, 1.807) is 6.07 Å². The minimum atomic E-state index is -0.597. The molecule has 3 N–H and O–H groups in total. The number of hydrogen-bond acceptors (Lipinski definition) is 2. The van der Waals surface area contributed by atoms with Crippen LogP contribution in [0.1, 0.15) is 32.4 Å². The van der Waals surface area contributed by atoms with Crippen molar-refractivity contribution in [3.63, 3.8) is 0 Å². The lowest BCUT2D eigenvalue weighted by molar-refractivity contribution is 0.0401. The molecule has 4 heteroatoms. The van der Waals surface area contributed by atoms with E-state index in [1.807, 2.05) is 32.9 Å². The van der Waals surface area contributed by atoms with Gasteiger partial charge in [0.1, 0.15) is 0 Å². The number of halogens is 2. The van der Waals surface area contributed by atoms with Crippen LogP contribution in [-0.2, 0) is 0 Å². The van der Waals surface area contributed by atoms with Crippen LogP contribution in [0.25, 0.3) is 0 Å². The van der Waals surface area contributed by atoms with Crippen LogP contribution in [-0.4, -0.2) is 11.2 Å². The van der Waals surface area contributed by atoms with Gasteiger partial charge in [0.05, 0.1) is 17.2 Å². The molecular weight excluding hydrogens is 289 g/mol. The zero-order valence-corrected chi connectivity index (χ0v) is 12.0. The van der Waals surface area contributed by atoms with E-state index in [1.165, 1.54) is 0 Å². The predicted molar refractivity (Wildman–Crippen MR) is 71.5 cm³/mol. The molecule has 1 aromatic carbocycles. The fourth-order valence-corrected chi connectivity index (χ4v) is 1.95. The van der Waals surface area contributed by atoms with E-state index in [2.05, 4.69) is 15.9 Å². The minimum Gasteiger partial charge on any atom is -0.391 e. The lowest BCUT2D eigenvalue weighted by atomic mass is 9.82. The third-order valence-electron chi connectivity index (χ3n) is 2.56. The first-order chi connectivity index (χ1) is 7.23. The average molecular weight is 307 g/mol. The first kappa shape index (κ1) is 14.0. The van der Waals surface area contributed by atoms with Gasteiger partial charge in [-0.3, -0.25) is 0 Å². The molecule has 2 atom stereocenters. The van der Waals surface area contributed by atoms with Crippen molar-refractivity contribution < 1.29 is 5.11 Å². The zero-order chi connectivity index (χ0) is 12.5. The Morgan fingerprint density at radius 3 is 2.38 bits per heavy atom. The molecule has 0 saturated heterocycles. The number of rotatable bonds is 2. The normalized spacial score (nSPS) is 15.9. The number of benzene rings is 1. The summed E-state index contributed by atoms with van der Waals surface area (Å²) in [5.41, 5.74) is 6.66. The third-order valence-corrected chi connectivity index (χ3v) is 3.77. The number of aliphatic hydroxyl groups excluding tert-OH is 1. The molecule has 0 aliphatic heterocycles. The second-order valence-corrected chi connectivity index (χ2v) is 6.27. The van der Waals surface area contributed by atoms with Gasteiger partial charge in [0, 0.05) is 4.47 Å². The smallest absolute Gasteiger partial charge is 0.0780 e. The van der Waals surface area contributed by atoms with E-state index in [0.29, 0.717) is 5.02 Å². The van der Waals surface area contributed by atoms with Crippen LogP contribution in [0.4, 0.5) is 0 Å². The fourth-order valence-electron chi connectivity index (χ4n) is 1.44. The van der Waals surface area contributed by atoms with E-state index in [4.69, 9.17) is 17.3 Å². The van der Waals surface area contributed by atoms with Gasteiger partial charge in [-0.1, -0.05) is 38.4 Å². The van der Waals surface area contributed by atoms with E-state index in [-0.39, 0.29) is 5.41 Å². The number of hydrogen-bond donors (Lipinski definition) is 2. The number of aliphatic hydroxyl groups is 1. The maximum Gasteiger partial charge on any atom is 0.0780 e. The van der Waals surface area contributed by atoms with Crippen molar-refractivity contribution in [1.29, 1.82) is 0 Å². The first-order valence-corrected chi connectivity index (χ1v) is 6.29. The summed E-state index contributed by atoms with van der Waals surface area (Å²) in [4.78, 5) is 0. The molecule has 1 rings (SSSR count). The van der Waals surface area contributed by atoms with Gasteiger partial charge in [-0.05, 0) is 39.0 Å². The minimum absolute atomic E-state index is 0.245. The summed E-state index contributed by atoms with van der Waals surface area (Å²) in [7, 11) is 0. The van der Waals surface area contributed by atoms with Crippen molar-refractivity contribution in [2.75, 3.05) is 0 Å². The lowest BCUT2D eigenvalue weighted by Crippen LogP contribution is -2.36. The van der Waals surface area contributed by atoms with Crippen LogP contribution < -0.4 is 5.73 Å². The van der Waals surface area contributed by atoms with Crippen molar-refractivity contribution in [2.24, 2.45) is 11.1 Å². The van der Waals surface area contributed by atoms with E-state index in [0.717, 1.165) is 10.0 Å². The molecule has 0 radical (unpaired) electrons. The van der Waals surface area contributed by atoms with Gasteiger partial charge in [-0.15, -0.1) is 0 Å². The molecule has 2 nitrogen and oxygen atoms in total. The average Bonchev–Trinajstić information content (AvgIpc) is 2.18. The molecule has 0 fully saturated rings. The summed E-state index contributed by atoms with van der Waals surface area (Å²) in [6, 6.07) is 5.05. The van der Waals surface area contributed by atoms with Gasteiger partial charge >= 0.3 is 0 Å². The Kier molecular flexibility index (Phi) is 4.41. The monoisotopic (exact) mass is 305 g/mol. The Morgan fingerprint density at radius 1 is 1.38 bits per heavy atom. The van der Waals surface area contributed by atoms with Gasteiger partial charge in [0.25, 0.3) is 0 Å². The SMILES string of the molecule is CC(C)(C)[C@H](O)[C@H](N)c1ccc(Cl)c(Br)c1. The fraction of sp³-hybridized carbons (Fsp3) is 0.500. The van der Waals surface area contributed by atoms with Gasteiger partial charge in [-0.25, -0.2) is 0 Å². The first-order valence-electron chi connectivity index (χ1n) is 5.12. The topological polar surface area (TPSA) is 46.2 Å². The molecule has 0 aromatic heterocycles. The zero-order valence-electron chi connectivity index (χ0n) is 9.67. The van der Waals surface area contributed by atoms with Crippen LogP contribution >= 0.6 is 27.5 Å². The Morgan fingerprint density at radius 2 is 1.94 bits per heavy atom. The molecule has 0 aliphatic carbocycles. The Bertz CT molecular complexity index is 376. The van der Waals surface area contributed by atoms with Crippen molar-refractivity contribution in [1.82, 2.24) is 0 Å². The van der Waals surface area contributed by atoms with Gasteiger partial charge in [0.2, 0.25) is 0 Å². The Hall–Kier alpha value is -0.0900. The van der Waals surface area contributed by atoms with E-state index >= 15 is 0 Å². The van der Waals surface area contributed by atoms with Gasteiger partial charge < -0.3 is 10.8 Å². The number of nitrogens with two attached hydrogens (primary N) is 1. The molecule has 0 unspecified atom stereocenters. The summed E-state index contributed by atoms with van der Waals surface area (Å²) >= 11 is 9.25. The van der Waals surface area contributed by atoms with Crippen LogP contribution in [0.5, 0.6) is 0 Å². The van der Waals surface area contributed by atoms with E-state index in [9.17, 15) is 5.11 Å². The molecule has 0 bridgehead atoms. The maximum absolute atomic E-state index is 10.1. The highest BCUT2D eigenvalue weighted by atomic mass is 79.9. The Labute approximate surface area is 110 Å². The lowest BCUT2D eigenvalue weighted by Gasteiger charge is -2.31. The summed E-state index contributed by atoms with van der Waals surface area (Å²) in [6.07, 6.45) is -0.597. The molecule has 0 amide bonds. The standard InChI is InChI=1S/C12H17BrClNO/c1-12(2,3)11(16)10(15)7-4-5-9(14)8(13)6-7/h4-6,10-11,16H,15H2,1-3H3/t10-,11-/m1/s1. The maximum atomic E-state index is 10.1. The second-order valence-electron chi connectivity index (χ2n) is 5.01. The summed E-state index contributed by atoms with van der Waals surface area (Å²) in [5.74, 6) is 0. The van der Waals surface area contributed by atoms with Crippen molar-refractivity contribution >= 4 is 27.5 Å². The molecular formula is C12H17BrClNO. The third kappa shape index (κ3) is 3.20. The largest absolute Gasteiger partial charge is 0.391 e. The summed E-state index contributed by atoms with van der Waals surface area (Å²) in [5, 5.41) is 10.7. The molecule has 0 spiro atoms. The van der Waals surface area contributed by atoms with Crippen LogP contribution in [0.2, 0.25) is 5.02 Å². The molecule has 90 valence electrons.